The van der Waals surface area contributed by atoms with E-state index in [9.17, 15) is 13.2 Å². The van der Waals surface area contributed by atoms with Gasteiger partial charge in [-0.05, 0) is 33.7 Å². The third-order valence-electron chi connectivity index (χ3n) is 3.77. The van der Waals surface area contributed by atoms with Crippen LogP contribution in [0.15, 0.2) is 0 Å². The van der Waals surface area contributed by atoms with Crippen molar-refractivity contribution in [2.24, 2.45) is 0 Å². The van der Waals surface area contributed by atoms with Gasteiger partial charge < -0.3 is 4.90 Å². The third-order valence-corrected chi connectivity index (χ3v) is 5.52. The van der Waals surface area contributed by atoms with Gasteiger partial charge in [0, 0.05) is 25.4 Å². The number of carbonyl (C=O) groups is 1. The second-order valence-corrected chi connectivity index (χ2v) is 7.97. The van der Waals surface area contributed by atoms with Crippen molar-refractivity contribution in [1.82, 2.24) is 9.80 Å². The minimum Gasteiger partial charge on any atom is -0.342 e. The molecule has 0 bridgehead atoms. The lowest BCUT2D eigenvalue weighted by molar-refractivity contribution is -0.132. The molecular formula is C14H30N2O3S. The van der Waals surface area contributed by atoms with E-state index in [0.29, 0.717) is 0 Å². The van der Waals surface area contributed by atoms with Crippen molar-refractivity contribution in [3.8, 4) is 0 Å². The fourth-order valence-electron chi connectivity index (χ4n) is 2.07. The van der Waals surface area contributed by atoms with Crippen molar-refractivity contribution in [2.75, 3.05) is 32.9 Å². The van der Waals surface area contributed by atoms with Crippen LogP contribution in [0.25, 0.3) is 0 Å². The maximum Gasteiger partial charge on any atom is 0.236 e. The van der Waals surface area contributed by atoms with Gasteiger partial charge >= 0.3 is 0 Å². The van der Waals surface area contributed by atoms with Gasteiger partial charge in [0.2, 0.25) is 5.91 Å². The van der Waals surface area contributed by atoms with E-state index in [2.05, 4.69) is 0 Å². The summed E-state index contributed by atoms with van der Waals surface area (Å²) in [5.74, 6) is 0.0729. The number of sulfone groups is 1. The molecule has 0 rings (SSSR count). The van der Waals surface area contributed by atoms with Crippen molar-refractivity contribution < 1.29 is 13.2 Å². The smallest absolute Gasteiger partial charge is 0.236 e. The Balaban J connectivity index is 4.64. The van der Waals surface area contributed by atoms with E-state index in [1.54, 1.807) is 14.0 Å². The number of carbonyl (C=O) groups excluding carboxylic acids is 1. The van der Waals surface area contributed by atoms with Crippen LogP contribution >= 0.6 is 0 Å². The Hall–Kier alpha value is -0.620. The molecule has 0 aromatic heterocycles. The van der Waals surface area contributed by atoms with Crippen LogP contribution < -0.4 is 0 Å². The molecule has 0 radical (unpaired) electrons. The van der Waals surface area contributed by atoms with Gasteiger partial charge in [-0.15, -0.1) is 0 Å². The number of amides is 1. The van der Waals surface area contributed by atoms with Crippen LogP contribution in [0, 0.1) is 0 Å². The van der Waals surface area contributed by atoms with Crippen LogP contribution in [0.3, 0.4) is 0 Å². The molecule has 0 aromatic carbocycles. The van der Waals surface area contributed by atoms with E-state index in [0.717, 1.165) is 25.9 Å². The topological polar surface area (TPSA) is 57.7 Å². The molecule has 0 saturated heterocycles. The number of likely N-dealkylation sites (N-methyl/N-ethyl adjacent to an activating group) is 1. The largest absolute Gasteiger partial charge is 0.342 e. The highest BCUT2D eigenvalue weighted by atomic mass is 32.2. The van der Waals surface area contributed by atoms with Crippen LogP contribution in [-0.4, -0.2) is 68.4 Å². The Kier molecular flexibility index (Phi) is 8.35. The Morgan fingerprint density at radius 3 is 1.90 bits per heavy atom. The van der Waals surface area contributed by atoms with Crippen molar-refractivity contribution >= 4 is 15.7 Å². The normalized spacial score (nSPS) is 15.2. The Morgan fingerprint density at radius 1 is 1.10 bits per heavy atom. The molecule has 0 aliphatic heterocycles. The molecule has 0 fully saturated rings. The summed E-state index contributed by atoms with van der Waals surface area (Å²) in [5.41, 5.74) is 0. The highest BCUT2D eigenvalue weighted by Crippen LogP contribution is 2.10. The highest BCUT2D eigenvalue weighted by Gasteiger charge is 2.27. The molecule has 20 heavy (non-hydrogen) atoms. The van der Waals surface area contributed by atoms with Crippen LogP contribution in [0.2, 0.25) is 0 Å². The van der Waals surface area contributed by atoms with Crippen molar-refractivity contribution in [3.63, 3.8) is 0 Å². The third kappa shape index (κ3) is 6.22. The van der Waals surface area contributed by atoms with Gasteiger partial charge in [-0.2, -0.15) is 0 Å². The number of hydrogen-bond donors (Lipinski definition) is 0. The molecule has 0 spiro atoms. The summed E-state index contributed by atoms with van der Waals surface area (Å²) in [5, 5.41) is -0.480. The number of nitrogens with zero attached hydrogens (tertiary/aromatic N) is 2. The van der Waals surface area contributed by atoms with E-state index in [4.69, 9.17) is 0 Å². The SMILES string of the molecule is CCCN(CCC)C(=O)CN(C)C(C)C(C)S(C)(=O)=O. The first-order chi connectivity index (χ1) is 9.15. The van der Waals surface area contributed by atoms with Gasteiger partial charge in [0.05, 0.1) is 11.8 Å². The van der Waals surface area contributed by atoms with Crippen molar-refractivity contribution in [2.45, 2.75) is 51.8 Å². The monoisotopic (exact) mass is 306 g/mol. The van der Waals surface area contributed by atoms with E-state index in [-0.39, 0.29) is 18.5 Å². The summed E-state index contributed by atoms with van der Waals surface area (Å²) in [6.07, 6.45) is 3.11. The molecule has 0 aromatic rings. The Labute approximate surface area is 124 Å². The minimum absolute atomic E-state index is 0.0729. The van der Waals surface area contributed by atoms with Gasteiger partial charge in [0.1, 0.15) is 0 Å². The second kappa shape index (κ2) is 8.62. The average Bonchev–Trinajstić information content (AvgIpc) is 2.35. The molecular weight excluding hydrogens is 276 g/mol. The standard InChI is InChI=1S/C14H30N2O3S/c1-7-9-16(10-8-2)14(17)11-15(5)12(3)13(4)20(6,18)19/h12-13H,7-11H2,1-6H3. The second-order valence-electron chi connectivity index (χ2n) is 5.57. The zero-order valence-corrected chi connectivity index (χ0v) is 14.5. The fourth-order valence-corrected chi connectivity index (χ4v) is 3.00. The summed E-state index contributed by atoms with van der Waals surface area (Å²) >= 11 is 0. The molecule has 120 valence electrons. The predicted molar refractivity (Wildman–Crippen MR) is 83.6 cm³/mol. The summed E-state index contributed by atoms with van der Waals surface area (Å²) < 4.78 is 23.2. The maximum absolute atomic E-state index is 12.2. The number of hydrogen-bond acceptors (Lipinski definition) is 4. The van der Waals surface area contributed by atoms with E-state index in [1.807, 2.05) is 30.6 Å². The number of rotatable bonds is 9. The lowest BCUT2D eigenvalue weighted by Gasteiger charge is -2.30. The van der Waals surface area contributed by atoms with E-state index in [1.165, 1.54) is 6.26 Å². The summed E-state index contributed by atoms with van der Waals surface area (Å²) in [6, 6.07) is -0.181. The lowest BCUT2D eigenvalue weighted by Crippen LogP contribution is -2.47. The van der Waals surface area contributed by atoms with Gasteiger partial charge in [-0.3, -0.25) is 9.69 Å². The molecule has 0 aliphatic rings. The Bertz CT molecular complexity index is 389. The van der Waals surface area contributed by atoms with Gasteiger partial charge in [0.15, 0.2) is 9.84 Å². The van der Waals surface area contributed by atoms with Crippen LogP contribution in [0.5, 0.6) is 0 Å². The first kappa shape index (κ1) is 19.4. The molecule has 0 heterocycles. The summed E-state index contributed by atoms with van der Waals surface area (Å²) in [7, 11) is -1.28. The minimum atomic E-state index is -3.09. The predicted octanol–water partition coefficient (Wildman–Crippen LogP) is 1.39. The van der Waals surface area contributed by atoms with E-state index < -0.39 is 15.1 Å². The molecule has 5 nitrogen and oxygen atoms in total. The van der Waals surface area contributed by atoms with Crippen LogP contribution in [-0.2, 0) is 14.6 Å². The summed E-state index contributed by atoms with van der Waals surface area (Å²) in [4.78, 5) is 15.9. The molecule has 6 heteroatoms. The van der Waals surface area contributed by atoms with Crippen LogP contribution in [0.1, 0.15) is 40.5 Å². The zero-order valence-electron chi connectivity index (χ0n) is 13.7. The molecule has 2 unspecified atom stereocenters. The first-order valence-corrected chi connectivity index (χ1v) is 9.27. The highest BCUT2D eigenvalue weighted by molar-refractivity contribution is 7.91. The summed E-state index contributed by atoms with van der Waals surface area (Å²) in [6.45, 7) is 9.43. The molecule has 0 N–H and O–H groups in total. The van der Waals surface area contributed by atoms with Crippen molar-refractivity contribution in [3.05, 3.63) is 0 Å². The van der Waals surface area contributed by atoms with E-state index >= 15 is 0 Å². The molecule has 0 aliphatic carbocycles. The average molecular weight is 306 g/mol. The van der Waals surface area contributed by atoms with Gasteiger partial charge in [-0.25, -0.2) is 8.42 Å². The van der Waals surface area contributed by atoms with Gasteiger partial charge in [0.25, 0.3) is 0 Å². The molecule has 0 saturated carbocycles. The molecule has 2 atom stereocenters. The van der Waals surface area contributed by atoms with Gasteiger partial charge in [-0.1, -0.05) is 13.8 Å². The molecule has 1 amide bonds. The van der Waals surface area contributed by atoms with Crippen molar-refractivity contribution in [1.29, 1.82) is 0 Å². The fraction of sp³-hybridized carbons (Fsp3) is 0.929. The quantitative estimate of drug-likeness (QED) is 0.646. The first-order valence-electron chi connectivity index (χ1n) is 7.31. The lowest BCUT2D eigenvalue weighted by atomic mass is 10.2. The maximum atomic E-state index is 12.2. The van der Waals surface area contributed by atoms with Crippen LogP contribution in [0.4, 0.5) is 0 Å². The zero-order chi connectivity index (χ0) is 15.9. The Morgan fingerprint density at radius 2 is 1.55 bits per heavy atom.